The molecule has 0 amide bonds. The summed E-state index contributed by atoms with van der Waals surface area (Å²) in [6.45, 7) is 0.764. The van der Waals surface area contributed by atoms with Crippen molar-refractivity contribution in [3.8, 4) is 5.88 Å². The molecule has 3 aromatic rings. The second-order valence-electron chi connectivity index (χ2n) is 4.50. The number of nitrogen functional groups attached to an aromatic ring is 1. The van der Waals surface area contributed by atoms with Gasteiger partial charge in [-0.3, -0.25) is 0 Å². The van der Waals surface area contributed by atoms with Crippen LogP contribution >= 0.6 is 0 Å². The van der Waals surface area contributed by atoms with Gasteiger partial charge in [0.2, 0.25) is 11.8 Å². The van der Waals surface area contributed by atoms with Crippen LogP contribution in [-0.2, 0) is 13.2 Å². The van der Waals surface area contributed by atoms with Gasteiger partial charge in [-0.05, 0) is 5.56 Å². The van der Waals surface area contributed by atoms with Crippen molar-refractivity contribution >= 4 is 17.1 Å². The van der Waals surface area contributed by atoms with Gasteiger partial charge in [-0.2, -0.15) is 9.97 Å². The Bertz CT molecular complexity index is 742. The number of aromatic nitrogens is 4. The first-order valence-corrected chi connectivity index (χ1v) is 6.54. The average Bonchev–Trinajstić information content (AvgIpc) is 2.89. The van der Waals surface area contributed by atoms with E-state index in [9.17, 15) is 0 Å². The molecule has 3 rings (SSSR count). The van der Waals surface area contributed by atoms with Crippen LogP contribution in [0.15, 0.2) is 36.7 Å². The minimum absolute atomic E-state index is 0.00439. The Kier molecular flexibility index (Phi) is 3.65. The van der Waals surface area contributed by atoms with Gasteiger partial charge >= 0.3 is 0 Å². The van der Waals surface area contributed by atoms with Gasteiger partial charge in [0.1, 0.15) is 6.61 Å². The number of rotatable bonds is 5. The predicted octanol–water partition coefficient (Wildman–Crippen LogP) is 0.980. The summed E-state index contributed by atoms with van der Waals surface area (Å²) < 4.78 is 7.42. The fourth-order valence-corrected chi connectivity index (χ4v) is 2.03. The van der Waals surface area contributed by atoms with E-state index in [1.54, 1.807) is 10.9 Å². The largest absolute Gasteiger partial charge is 0.471 e. The highest BCUT2D eigenvalue weighted by atomic mass is 16.5. The van der Waals surface area contributed by atoms with E-state index in [1.165, 1.54) is 0 Å². The Morgan fingerprint density at radius 2 is 2.00 bits per heavy atom. The van der Waals surface area contributed by atoms with Crippen LogP contribution in [0.1, 0.15) is 5.56 Å². The maximum Gasteiger partial charge on any atom is 0.247 e. The first-order valence-electron chi connectivity index (χ1n) is 6.54. The molecule has 0 aliphatic carbocycles. The number of imidazole rings is 1. The zero-order chi connectivity index (χ0) is 14.7. The molecule has 7 heteroatoms. The van der Waals surface area contributed by atoms with Crippen LogP contribution < -0.4 is 10.5 Å². The van der Waals surface area contributed by atoms with Gasteiger partial charge in [-0.15, -0.1) is 0 Å². The Morgan fingerprint density at radius 1 is 1.19 bits per heavy atom. The minimum Gasteiger partial charge on any atom is -0.471 e. The van der Waals surface area contributed by atoms with E-state index >= 15 is 0 Å². The molecule has 2 aromatic heterocycles. The van der Waals surface area contributed by atoms with E-state index in [2.05, 4.69) is 15.0 Å². The maximum atomic E-state index is 9.03. The minimum atomic E-state index is -0.00439. The number of benzene rings is 1. The molecule has 1 aromatic carbocycles. The Labute approximate surface area is 121 Å². The average molecular weight is 285 g/mol. The molecule has 108 valence electrons. The van der Waals surface area contributed by atoms with Gasteiger partial charge in [0.05, 0.1) is 12.9 Å². The maximum absolute atomic E-state index is 9.03. The van der Waals surface area contributed by atoms with Crippen molar-refractivity contribution in [3.05, 3.63) is 42.2 Å². The molecule has 3 N–H and O–H groups in total. The topological polar surface area (TPSA) is 99.1 Å². The highest BCUT2D eigenvalue weighted by molar-refractivity contribution is 5.77. The van der Waals surface area contributed by atoms with Crippen LogP contribution in [0.2, 0.25) is 0 Å². The van der Waals surface area contributed by atoms with Gasteiger partial charge in [0.25, 0.3) is 0 Å². The van der Waals surface area contributed by atoms with Gasteiger partial charge < -0.3 is 20.1 Å². The molecule has 2 heterocycles. The number of hydrogen-bond donors (Lipinski definition) is 2. The third-order valence-electron chi connectivity index (χ3n) is 3.01. The summed E-state index contributed by atoms with van der Waals surface area (Å²) in [7, 11) is 0. The molecule has 0 spiro atoms. The monoisotopic (exact) mass is 285 g/mol. The quantitative estimate of drug-likeness (QED) is 0.725. The predicted molar refractivity (Wildman–Crippen MR) is 77.6 cm³/mol. The SMILES string of the molecule is Nc1nc(OCc2ccccc2)c2ncn(CCO)c2n1. The van der Waals surface area contributed by atoms with Crippen molar-refractivity contribution in [1.29, 1.82) is 0 Å². The summed E-state index contributed by atoms with van der Waals surface area (Å²) in [5, 5.41) is 9.03. The Morgan fingerprint density at radius 3 is 2.76 bits per heavy atom. The molecule has 0 atom stereocenters. The van der Waals surface area contributed by atoms with E-state index in [-0.39, 0.29) is 12.6 Å². The van der Waals surface area contributed by atoms with Crippen LogP contribution in [0, 0.1) is 0 Å². The lowest BCUT2D eigenvalue weighted by Gasteiger charge is -2.07. The van der Waals surface area contributed by atoms with Crippen molar-refractivity contribution in [2.45, 2.75) is 13.2 Å². The molecule has 0 fully saturated rings. The van der Waals surface area contributed by atoms with Crippen molar-refractivity contribution < 1.29 is 9.84 Å². The normalized spacial score (nSPS) is 10.9. The number of aliphatic hydroxyl groups excluding tert-OH is 1. The molecule has 0 aliphatic heterocycles. The second-order valence-corrected chi connectivity index (χ2v) is 4.50. The van der Waals surface area contributed by atoms with Crippen LogP contribution in [0.3, 0.4) is 0 Å². The molecule has 7 nitrogen and oxygen atoms in total. The summed E-state index contributed by atoms with van der Waals surface area (Å²) in [4.78, 5) is 12.5. The first-order chi connectivity index (χ1) is 10.3. The highest BCUT2D eigenvalue weighted by Crippen LogP contribution is 2.22. The van der Waals surface area contributed by atoms with E-state index in [1.807, 2.05) is 30.3 Å². The van der Waals surface area contributed by atoms with Crippen LogP contribution in [0.5, 0.6) is 5.88 Å². The van der Waals surface area contributed by atoms with Gasteiger partial charge in [0, 0.05) is 6.54 Å². The summed E-state index contributed by atoms with van der Waals surface area (Å²) >= 11 is 0. The lowest BCUT2D eigenvalue weighted by Crippen LogP contribution is -2.05. The molecule has 0 saturated heterocycles. The Balaban J connectivity index is 1.91. The number of ether oxygens (including phenoxy) is 1. The van der Waals surface area contributed by atoms with Crippen LogP contribution in [0.25, 0.3) is 11.2 Å². The van der Waals surface area contributed by atoms with Gasteiger partial charge in [-0.1, -0.05) is 30.3 Å². The lowest BCUT2D eigenvalue weighted by atomic mass is 10.2. The summed E-state index contributed by atoms with van der Waals surface area (Å²) in [5.41, 5.74) is 7.83. The van der Waals surface area contributed by atoms with Crippen molar-refractivity contribution in [2.24, 2.45) is 0 Å². The third kappa shape index (κ3) is 2.77. The second kappa shape index (κ2) is 5.76. The van der Waals surface area contributed by atoms with Crippen LogP contribution in [0.4, 0.5) is 5.95 Å². The third-order valence-corrected chi connectivity index (χ3v) is 3.01. The number of nitrogens with two attached hydrogens (primary N) is 1. The van der Waals surface area contributed by atoms with Gasteiger partial charge in [0.15, 0.2) is 11.2 Å². The fourth-order valence-electron chi connectivity index (χ4n) is 2.03. The van der Waals surface area contributed by atoms with Crippen molar-refractivity contribution in [2.75, 3.05) is 12.3 Å². The van der Waals surface area contributed by atoms with Gasteiger partial charge in [-0.25, -0.2) is 4.98 Å². The molecular weight excluding hydrogens is 270 g/mol. The molecular formula is C14H15N5O2. The number of fused-ring (bicyclic) bond motifs is 1. The van der Waals surface area contributed by atoms with E-state index < -0.39 is 0 Å². The zero-order valence-corrected chi connectivity index (χ0v) is 11.3. The molecule has 0 bridgehead atoms. The summed E-state index contributed by atoms with van der Waals surface area (Å²) in [6.07, 6.45) is 1.59. The van der Waals surface area contributed by atoms with Crippen molar-refractivity contribution in [3.63, 3.8) is 0 Å². The summed E-state index contributed by atoms with van der Waals surface area (Å²) in [6, 6.07) is 9.76. The first kappa shape index (κ1) is 13.3. The van der Waals surface area contributed by atoms with Crippen molar-refractivity contribution in [1.82, 2.24) is 19.5 Å². The van der Waals surface area contributed by atoms with E-state index in [0.717, 1.165) is 5.56 Å². The number of nitrogens with zero attached hydrogens (tertiary/aromatic N) is 4. The molecule has 0 unspecified atom stereocenters. The fraction of sp³-hybridized carbons (Fsp3) is 0.214. The number of anilines is 1. The smallest absolute Gasteiger partial charge is 0.247 e. The molecule has 0 aliphatic rings. The van der Waals surface area contributed by atoms with E-state index in [0.29, 0.717) is 30.2 Å². The van der Waals surface area contributed by atoms with Crippen LogP contribution in [-0.4, -0.2) is 31.2 Å². The molecule has 0 radical (unpaired) electrons. The van der Waals surface area contributed by atoms with E-state index in [4.69, 9.17) is 15.6 Å². The lowest BCUT2D eigenvalue weighted by molar-refractivity contribution is 0.277. The zero-order valence-electron chi connectivity index (χ0n) is 11.3. The highest BCUT2D eigenvalue weighted by Gasteiger charge is 2.13. The summed E-state index contributed by atoms with van der Waals surface area (Å²) in [5.74, 6) is 0.461. The Hall–Kier alpha value is -2.67. The molecule has 21 heavy (non-hydrogen) atoms. The standard InChI is InChI=1S/C14H15N5O2/c15-14-17-12-11(16-9-19(12)6-7-20)13(18-14)21-8-10-4-2-1-3-5-10/h1-5,9,20H,6-8H2,(H2,15,17,18). The molecule has 0 saturated carbocycles. The number of hydrogen-bond acceptors (Lipinski definition) is 6. The number of aliphatic hydroxyl groups is 1.